The Morgan fingerprint density at radius 2 is 1.75 bits per heavy atom. The highest BCUT2D eigenvalue weighted by molar-refractivity contribution is 7.92. The number of fused-ring (bicyclic) bond motifs is 1. The smallest absolute Gasteiger partial charge is 0.236 e. The average molecular weight is 403 g/mol. The molecule has 28 heavy (non-hydrogen) atoms. The van der Waals surface area contributed by atoms with Crippen molar-refractivity contribution < 1.29 is 27.9 Å². The highest BCUT2D eigenvalue weighted by Crippen LogP contribution is 2.37. The third-order valence-electron chi connectivity index (χ3n) is 5.04. The van der Waals surface area contributed by atoms with Crippen LogP contribution in [0.25, 0.3) is 6.08 Å². The summed E-state index contributed by atoms with van der Waals surface area (Å²) in [7, 11) is -3.44. The van der Waals surface area contributed by atoms with E-state index in [0.717, 1.165) is 11.1 Å². The van der Waals surface area contributed by atoms with Gasteiger partial charge < -0.3 is 19.5 Å². The van der Waals surface area contributed by atoms with Crippen molar-refractivity contribution in [3.8, 4) is 17.2 Å². The van der Waals surface area contributed by atoms with Crippen LogP contribution in [0.15, 0.2) is 47.9 Å². The van der Waals surface area contributed by atoms with Crippen molar-refractivity contribution in [2.24, 2.45) is 0 Å². The molecule has 2 aliphatic rings. The minimum atomic E-state index is -3.44. The molecule has 0 amide bonds. The molecule has 0 spiro atoms. The lowest BCUT2D eigenvalue weighted by molar-refractivity contribution is -0.917. The van der Waals surface area contributed by atoms with Crippen LogP contribution < -0.4 is 14.4 Å². The summed E-state index contributed by atoms with van der Waals surface area (Å²) in [6.07, 6.45) is 1.62. The van der Waals surface area contributed by atoms with Crippen molar-refractivity contribution in [2.75, 3.05) is 33.0 Å². The number of phenolic OH excluding ortho intramolecular Hbond substituents is 1. The Bertz CT molecular complexity index is 968. The summed E-state index contributed by atoms with van der Waals surface area (Å²) in [5, 5.41) is 11.5. The molecule has 148 valence electrons. The fourth-order valence-electron chi connectivity index (χ4n) is 3.43. The molecule has 0 radical (unpaired) electrons. The molecule has 0 unspecified atom stereocenters. The molecule has 0 aliphatic carbocycles. The van der Waals surface area contributed by atoms with E-state index in [1.165, 1.54) is 14.6 Å². The first-order chi connectivity index (χ1) is 13.5. The standard InChI is InChI=1S/C20H22N2O5S/c23-18-13-20-19(26-15-27-20)12-17(18)14-21-7-9-22(10-8-21)28(24,25)11-6-16-4-2-1-3-5-16/h1-6,11-13,23H,7-10,14-15H2/p+1/b11-6+. The van der Waals surface area contributed by atoms with Gasteiger partial charge in [-0.25, -0.2) is 8.42 Å². The Hall–Kier alpha value is -2.55. The molecule has 0 saturated carbocycles. The van der Waals surface area contributed by atoms with Crippen LogP contribution in [0.3, 0.4) is 0 Å². The molecule has 0 bridgehead atoms. The van der Waals surface area contributed by atoms with Crippen LogP contribution in [-0.4, -0.2) is 50.8 Å². The maximum Gasteiger partial charge on any atom is 0.236 e. The Morgan fingerprint density at radius 3 is 2.46 bits per heavy atom. The van der Waals surface area contributed by atoms with E-state index in [9.17, 15) is 13.5 Å². The monoisotopic (exact) mass is 403 g/mol. The van der Waals surface area contributed by atoms with Gasteiger partial charge in [-0.3, -0.25) is 0 Å². The van der Waals surface area contributed by atoms with Crippen LogP contribution in [-0.2, 0) is 16.6 Å². The molecular weight excluding hydrogens is 380 g/mol. The van der Waals surface area contributed by atoms with E-state index in [0.29, 0.717) is 44.2 Å². The van der Waals surface area contributed by atoms with Crippen LogP contribution in [0, 0.1) is 0 Å². The molecular formula is C20H23N2O5S+. The van der Waals surface area contributed by atoms with Gasteiger partial charge in [0.1, 0.15) is 12.3 Å². The third-order valence-corrected chi connectivity index (χ3v) is 6.60. The van der Waals surface area contributed by atoms with E-state index in [1.807, 2.05) is 30.3 Å². The molecule has 2 heterocycles. The van der Waals surface area contributed by atoms with Crippen molar-refractivity contribution in [2.45, 2.75) is 6.54 Å². The van der Waals surface area contributed by atoms with Crippen LogP contribution in [0.2, 0.25) is 0 Å². The second-order valence-electron chi connectivity index (χ2n) is 6.92. The van der Waals surface area contributed by atoms with Gasteiger partial charge in [-0.2, -0.15) is 4.31 Å². The highest BCUT2D eigenvalue weighted by atomic mass is 32.2. The molecule has 0 aromatic heterocycles. The van der Waals surface area contributed by atoms with Crippen LogP contribution >= 0.6 is 0 Å². The average Bonchev–Trinajstić information content (AvgIpc) is 3.15. The zero-order valence-electron chi connectivity index (χ0n) is 15.4. The van der Waals surface area contributed by atoms with E-state index < -0.39 is 10.0 Å². The summed E-state index contributed by atoms with van der Waals surface area (Å²) in [4.78, 5) is 1.22. The minimum Gasteiger partial charge on any atom is -0.507 e. The zero-order valence-corrected chi connectivity index (χ0v) is 16.2. The number of quaternary nitrogens is 1. The summed E-state index contributed by atoms with van der Waals surface area (Å²) in [6.45, 7) is 3.01. The molecule has 2 aromatic rings. The van der Waals surface area contributed by atoms with E-state index in [1.54, 1.807) is 18.2 Å². The molecule has 7 nitrogen and oxygen atoms in total. The Labute approximate surface area is 164 Å². The zero-order chi connectivity index (χ0) is 19.6. The fourth-order valence-corrected chi connectivity index (χ4v) is 4.63. The molecule has 8 heteroatoms. The number of ether oxygens (including phenoxy) is 2. The third kappa shape index (κ3) is 4.14. The number of hydrogen-bond donors (Lipinski definition) is 2. The maximum atomic E-state index is 12.6. The molecule has 1 saturated heterocycles. The molecule has 2 N–H and O–H groups in total. The highest BCUT2D eigenvalue weighted by Gasteiger charge is 2.28. The van der Waals surface area contributed by atoms with E-state index in [2.05, 4.69) is 0 Å². The van der Waals surface area contributed by atoms with Gasteiger partial charge in [0.05, 0.1) is 31.7 Å². The number of hydrogen-bond acceptors (Lipinski definition) is 5. The number of benzene rings is 2. The van der Waals surface area contributed by atoms with Gasteiger partial charge in [0.2, 0.25) is 16.8 Å². The molecule has 2 aromatic carbocycles. The summed E-state index contributed by atoms with van der Waals surface area (Å²) in [5.41, 5.74) is 1.63. The van der Waals surface area contributed by atoms with Gasteiger partial charge in [-0.1, -0.05) is 30.3 Å². The van der Waals surface area contributed by atoms with Crippen molar-refractivity contribution in [3.05, 3.63) is 59.0 Å². The Balaban J connectivity index is 1.36. The number of nitrogens with zero attached hydrogens (tertiary/aromatic N) is 1. The maximum absolute atomic E-state index is 12.6. The molecule has 0 atom stereocenters. The van der Waals surface area contributed by atoms with Gasteiger partial charge in [-0.15, -0.1) is 0 Å². The van der Waals surface area contributed by atoms with E-state index in [4.69, 9.17) is 9.47 Å². The Kier molecular flexibility index (Phi) is 5.25. The predicted molar refractivity (Wildman–Crippen MR) is 105 cm³/mol. The van der Waals surface area contributed by atoms with Crippen LogP contribution in [0.4, 0.5) is 0 Å². The minimum absolute atomic E-state index is 0.165. The molecule has 1 fully saturated rings. The fraction of sp³-hybridized carbons (Fsp3) is 0.300. The first kappa shape index (κ1) is 18.8. The number of sulfonamides is 1. The normalized spacial score (nSPS) is 18.0. The topological polar surface area (TPSA) is 80.5 Å². The van der Waals surface area contributed by atoms with Gasteiger partial charge >= 0.3 is 0 Å². The number of aromatic hydroxyl groups is 1. The van der Waals surface area contributed by atoms with E-state index in [-0.39, 0.29) is 12.5 Å². The predicted octanol–water partition coefficient (Wildman–Crippen LogP) is 0.822. The van der Waals surface area contributed by atoms with Crippen molar-refractivity contribution in [1.82, 2.24) is 4.31 Å². The summed E-state index contributed by atoms with van der Waals surface area (Å²) >= 11 is 0. The summed E-state index contributed by atoms with van der Waals surface area (Å²) < 4.78 is 37.3. The Morgan fingerprint density at radius 1 is 1.07 bits per heavy atom. The van der Waals surface area contributed by atoms with E-state index >= 15 is 0 Å². The SMILES string of the molecule is O=S(=O)(/C=C/c1ccccc1)N1CC[NH+](Cc2cc3c(cc2O)OCO3)CC1. The summed E-state index contributed by atoms with van der Waals surface area (Å²) in [6, 6.07) is 12.8. The summed E-state index contributed by atoms with van der Waals surface area (Å²) in [5.74, 6) is 1.37. The lowest BCUT2D eigenvalue weighted by Gasteiger charge is -2.30. The number of rotatable bonds is 5. The molecule has 2 aliphatic heterocycles. The first-order valence-corrected chi connectivity index (χ1v) is 10.7. The number of phenols is 1. The lowest BCUT2D eigenvalue weighted by atomic mass is 10.1. The quantitative estimate of drug-likeness (QED) is 0.773. The largest absolute Gasteiger partial charge is 0.507 e. The van der Waals surface area contributed by atoms with Crippen molar-refractivity contribution >= 4 is 16.1 Å². The van der Waals surface area contributed by atoms with Crippen LogP contribution in [0.5, 0.6) is 17.2 Å². The lowest BCUT2D eigenvalue weighted by Crippen LogP contribution is -3.13. The number of piperazine rings is 1. The van der Waals surface area contributed by atoms with Crippen molar-refractivity contribution in [3.63, 3.8) is 0 Å². The van der Waals surface area contributed by atoms with Gasteiger partial charge in [0, 0.05) is 11.5 Å². The van der Waals surface area contributed by atoms with Crippen molar-refractivity contribution in [1.29, 1.82) is 0 Å². The van der Waals surface area contributed by atoms with Gasteiger partial charge in [-0.05, 0) is 17.7 Å². The van der Waals surface area contributed by atoms with Crippen LogP contribution in [0.1, 0.15) is 11.1 Å². The molecule has 4 rings (SSSR count). The second-order valence-corrected chi connectivity index (χ2v) is 8.74. The van der Waals surface area contributed by atoms with Gasteiger partial charge in [0.15, 0.2) is 11.5 Å². The first-order valence-electron chi connectivity index (χ1n) is 9.19. The van der Waals surface area contributed by atoms with Gasteiger partial charge in [0.25, 0.3) is 0 Å². The number of nitrogens with one attached hydrogen (secondary N) is 1. The second kappa shape index (κ2) is 7.83.